The molecule has 2 aliphatic heterocycles. The second-order valence-electron chi connectivity index (χ2n) is 9.28. The lowest BCUT2D eigenvalue weighted by Gasteiger charge is -2.40. The topological polar surface area (TPSA) is 57.3 Å². The summed E-state index contributed by atoms with van der Waals surface area (Å²) >= 11 is 0. The largest absolute Gasteiger partial charge is 0.454 e. The number of anilines is 2. The highest BCUT2D eigenvalue weighted by molar-refractivity contribution is 5.95. The molecule has 0 radical (unpaired) electrons. The third-order valence-corrected chi connectivity index (χ3v) is 6.83. The quantitative estimate of drug-likeness (QED) is 0.542. The molecule has 0 unspecified atom stereocenters. The number of rotatable bonds is 7. The molecule has 8 heteroatoms. The minimum Gasteiger partial charge on any atom is -0.454 e. The number of halogens is 1. The fourth-order valence-electron chi connectivity index (χ4n) is 4.73. The molecule has 1 N–H and O–H groups in total. The molecule has 0 spiro atoms. The summed E-state index contributed by atoms with van der Waals surface area (Å²) in [5.41, 5.74) is 3.85. The summed E-state index contributed by atoms with van der Waals surface area (Å²) in [6, 6.07) is 20.4. The van der Waals surface area contributed by atoms with Crippen molar-refractivity contribution < 1.29 is 18.7 Å². The first kappa shape index (κ1) is 23.9. The number of fused-ring (bicyclic) bond motifs is 1. The highest BCUT2D eigenvalue weighted by Gasteiger charge is 2.26. The first-order valence-corrected chi connectivity index (χ1v) is 12.2. The molecule has 0 aromatic heterocycles. The van der Waals surface area contributed by atoms with E-state index in [1.165, 1.54) is 12.1 Å². The van der Waals surface area contributed by atoms with Gasteiger partial charge in [-0.25, -0.2) is 4.39 Å². The second kappa shape index (κ2) is 10.5. The molecular weight excluding hydrogens is 459 g/mol. The number of nitrogens with zero attached hydrogens (tertiary/aromatic N) is 3. The summed E-state index contributed by atoms with van der Waals surface area (Å²) in [5.74, 6) is 0.879. The number of nitrogens with one attached hydrogen (secondary N) is 1. The standard InChI is InChI=1S/C28H31FN4O3/c1-31(2)23-8-3-20(4-9-23)25(18-30-28(34)21-5-12-26-27(17-21)36-19-35-26)33-15-13-32(14-16-33)24-10-6-22(29)7-11-24/h3-12,17,25H,13-16,18-19H2,1-2H3,(H,30,34)/t25-/m1/s1. The van der Waals surface area contributed by atoms with Crippen molar-refractivity contribution in [3.8, 4) is 11.5 Å². The van der Waals surface area contributed by atoms with Crippen LogP contribution in [0.25, 0.3) is 0 Å². The van der Waals surface area contributed by atoms with Gasteiger partial charge in [-0.3, -0.25) is 9.69 Å². The lowest BCUT2D eigenvalue weighted by Crippen LogP contribution is -2.50. The van der Waals surface area contributed by atoms with Crippen LogP contribution in [0.5, 0.6) is 11.5 Å². The molecule has 0 saturated carbocycles. The first-order valence-electron chi connectivity index (χ1n) is 12.2. The smallest absolute Gasteiger partial charge is 0.251 e. The Kier molecular flexibility index (Phi) is 6.95. The molecule has 1 fully saturated rings. The van der Waals surface area contributed by atoms with Crippen LogP contribution >= 0.6 is 0 Å². The van der Waals surface area contributed by atoms with Crippen molar-refractivity contribution in [1.29, 1.82) is 0 Å². The number of hydrogen-bond donors (Lipinski definition) is 1. The molecule has 3 aromatic carbocycles. The van der Waals surface area contributed by atoms with E-state index in [0.717, 1.165) is 43.1 Å². The van der Waals surface area contributed by atoms with E-state index in [1.807, 2.05) is 26.2 Å². The van der Waals surface area contributed by atoms with Crippen LogP contribution in [-0.2, 0) is 0 Å². The van der Waals surface area contributed by atoms with Crippen molar-refractivity contribution >= 4 is 17.3 Å². The normalized spacial score (nSPS) is 16.0. The maximum atomic E-state index is 13.3. The van der Waals surface area contributed by atoms with Gasteiger partial charge < -0.3 is 24.6 Å². The second-order valence-corrected chi connectivity index (χ2v) is 9.28. The zero-order valence-electron chi connectivity index (χ0n) is 20.6. The Morgan fingerprint density at radius 3 is 2.33 bits per heavy atom. The summed E-state index contributed by atoms with van der Waals surface area (Å²) in [6.07, 6.45) is 0. The molecule has 1 amide bonds. The van der Waals surface area contributed by atoms with E-state index in [1.54, 1.807) is 18.2 Å². The van der Waals surface area contributed by atoms with E-state index in [-0.39, 0.29) is 24.6 Å². The third-order valence-electron chi connectivity index (χ3n) is 6.83. The number of hydrogen-bond acceptors (Lipinski definition) is 6. The summed E-state index contributed by atoms with van der Waals surface area (Å²) in [6.45, 7) is 3.97. The fraction of sp³-hybridized carbons (Fsp3) is 0.321. The maximum Gasteiger partial charge on any atom is 0.251 e. The van der Waals surface area contributed by atoms with Crippen molar-refractivity contribution in [1.82, 2.24) is 10.2 Å². The summed E-state index contributed by atoms with van der Waals surface area (Å²) in [5, 5.41) is 3.13. The molecule has 0 aliphatic carbocycles. The van der Waals surface area contributed by atoms with Crippen molar-refractivity contribution in [2.24, 2.45) is 0 Å². The molecule has 36 heavy (non-hydrogen) atoms. The average molecular weight is 491 g/mol. The van der Waals surface area contributed by atoms with Crippen LogP contribution in [0.1, 0.15) is 22.0 Å². The Morgan fingerprint density at radius 2 is 1.64 bits per heavy atom. The highest BCUT2D eigenvalue weighted by atomic mass is 19.1. The zero-order chi connectivity index (χ0) is 25.1. The van der Waals surface area contributed by atoms with E-state index in [2.05, 4.69) is 44.3 Å². The van der Waals surface area contributed by atoms with Gasteiger partial charge in [0.1, 0.15) is 5.82 Å². The van der Waals surface area contributed by atoms with E-state index >= 15 is 0 Å². The van der Waals surface area contributed by atoms with Crippen molar-refractivity contribution in [2.75, 3.05) is 63.4 Å². The Labute approximate surface area is 211 Å². The molecule has 1 atom stereocenters. The predicted octanol–water partition coefficient (Wildman–Crippen LogP) is 3.91. The fourth-order valence-corrected chi connectivity index (χ4v) is 4.73. The Hall–Kier alpha value is -3.78. The number of carbonyl (C=O) groups is 1. The van der Waals surface area contributed by atoms with Crippen LogP contribution in [0.15, 0.2) is 66.7 Å². The molecule has 5 rings (SSSR count). The van der Waals surface area contributed by atoms with Gasteiger partial charge in [0.05, 0.1) is 6.04 Å². The number of ether oxygens (including phenoxy) is 2. The average Bonchev–Trinajstić information content (AvgIpc) is 3.38. The van der Waals surface area contributed by atoms with Gasteiger partial charge in [0, 0.05) is 63.8 Å². The molecule has 188 valence electrons. The molecule has 2 aliphatic rings. The third kappa shape index (κ3) is 5.23. The van der Waals surface area contributed by atoms with Crippen LogP contribution in [0.2, 0.25) is 0 Å². The molecule has 0 bridgehead atoms. The maximum absolute atomic E-state index is 13.3. The van der Waals surface area contributed by atoms with Crippen LogP contribution in [0.4, 0.5) is 15.8 Å². The van der Waals surface area contributed by atoms with E-state index < -0.39 is 0 Å². The van der Waals surface area contributed by atoms with Gasteiger partial charge in [0.2, 0.25) is 6.79 Å². The van der Waals surface area contributed by atoms with E-state index in [0.29, 0.717) is 23.6 Å². The van der Waals surface area contributed by atoms with Crippen LogP contribution in [0.3, 0.4) is 0 Å². The van der Waals surface area contributed by atoms with Crippen LogP contribution < -0.4 is 24.6 Å². The van der Waals surface area contributed by atoms with Gasteiger partial charge in [0.25, 0.3) is 5.91 Å². The van der Waals surface area contributed by atoms with Gasteiger partial charge in [-0.2, -0.15) is 0 Å². The lowest BCUT2D eigenvalue weighted by atomic mass is 10.0. The van der Waals surface area contributed by atoms with E-state index in [4.69, 9.17) is 9.47 Å². The Balaban J connectivity index is 1.29. The SMILES string of the molecule is CN(C)c1ccc([C@@H](CNC(=O)c2ccc3c(c2)OCO3)N2CCN(c3ccc(F)cc3)CC2)cc1. The van der Waals surface area contributed by atoms with Gasteiger partial charge in [-0.1, -0.05) is 12.1 Å². The molecule has 1 saturated heterocycles. The Bertz CT molecular complexity index is 1190. The Morgan fingerprint density at radius 1 is 0.944 bits per heavy atom. The predicted molar refractivity (Wildman–Crippen MR) is 139 cm³/mol. The first-order chi connectivity index (χ1) is 17.5. The van der Waals surface area contributed by atoms with Crippen molar-refractivity contribution in [3.63, 3.8) is 0 Å². The number of amides is 1. The van der Waals surface area contributed by atoms with Crippen LogP contribution in [-0.4, -0.2) is 64.4 Å². The van der Waals surface area contributed by atoms with Gasteiger partial charge in [0.15, 0.2) is 11.5 Å². The van der Waals surface area contributed by atoms with Crippen molar-refractivity contribution in [2.45, 2.75) is 6.04 Å². The zero-order valence-corrected chi connectivity index (χ0v) is 20.6. The molecular formula is C28H31FN4O3. The monoisotopic (exact) mass is 490 g/mol. The molecule has 2 heterocycles. The summed E-state index contributed by atoms with van der Waals surface area (Å²) in [7, 11) is 4.04. The molecule has 7 nitrogen and oxygen atoms in total. The van der Waals surface area contributed by atoms with Crippen molar-refractivity contribution in [3.05, 3.63) is 83.7 Å². The number of carbonyl (C=O) groups excluding carboxylic acids is 1. The summed E-state index contributed by atoms with van der Waals surface area (Å²) in [4.78, 5) is 19.7. The number of piperazine rings is 1. The minimum atomic E-state index is -0.225. The minimum absolute atomic E-state index is 0.0227. The molecule has 3 aromatic rings. The van der Waals surface area contributed by atoms with Gasteiger partial charge in [-0.15, -0.1) is 0 Å². The summed E-state index contributed by atoms with van der Waals surface area (Å²) < 4.78 is 24.1. The van der Waals surface area contributed by atoms with Crippen LogP contribution in [0, 0.1) is 5.82 Å². The van der Waals surface area contributed by atoms with Gasteiger partial charge >= 0.3 is 0 Å². The van der Waals surface area contributed by atoms with E-state index in [9.17, 15) is 9.18 Å². The number of benzene rings is 3. The van der Waals surface area contributed by atoms with Gasteiger partial charge in [-0.05, 0) is 60.2 Å². The lowest BCUT2D eigenvalue weighted by molar-refractivity contribution is 0.0929. The highest BCUT2D eigenvalue weighted by Crippen LogP contribution is 2.32.